The van der Waals surface area contributed by atoms with Crippen molar-refractivity contribution in [3.05, 3.63) is 95.6 Å². The van der Waals surface area contributed by atoms with E-state index < -0.39 is 0 Å². The van der Waals surface area contributed by atoms with Crippen LogP contribution in [0.2, 0.25) is 0 Å². The molecule has 0 amide bonds. The Labute approximate surface area is 184 Å². The van der Waals surface area contributed by atoms with Gasteiger partial charge in [-0.05, 0) is 23.3 Å². The van der Waals surface area contributed by atoms with Gasteiger partial charge in [-0.15, -0.1) is 0 Å². The molecule has 31 heavy (non-hydrogen) atoms. The molecule has 1 aliphatic heterocycles. The highest BCUT2D eigenvalue weighted by Gasteiger charge is 2.25. The standard InChI is InChI=1S/C26H29N3O2/c1-30-24-14-13-23(25(19-24)31-2)20-27-29-17-15-28(16-18-29)26(21-9-5-3-6-10-21)22-11-7-4-8-12-22/h3-14,19-20,26H,15-18H2,1-2H3/b27-20-. The van der Waals surface area contributed by atoms with E-state index in [2.05, 4.69) is 70.6 Å². The largest absolute Gasteiger partial charge is 0.497 e. The summed E-state index contributed by atoms with van der Waals surface area (Å²) in [6.07, 6.45) is 1.87. The SMILES string of the molecule is COc1ccc(/C=N\N2CCN(C(c3ccccc3)c3ccccc3)CC2)c(OC)c1. The van der Waals surface area contributed by atoms with E-state index >= 15 is 0 Å². The van der Waals surface area contributed by atoms with E-state index in [1.54, 1.807) is 14.2 Å². The van der Waals surface area contributed by atoms with E-state index in [1.807, 2.05) is 24.4 Å². The molecule has 4 rings (SSSR count). The number of hydrogen-bond acceptors (Lipinski definition) is 5. The first-order valence-corrected chi connectivity index (χ1v) is 10.6. The van der Waals surface area contributed by atoms with Crippen LogP contribution in [-0.4, -0.2) is 56.5 Å². The Balaban J connectivity index is 1.45. The summed E-state index contributed by atoms with van der Waals surface area (Å²) in [6.45, 7) is 3.66. The van der Waals surface area contributed by atoms with Crippen molar-refractivity contribution < 1.29 is 9.47 Å². The van der Waals surface area contributed by atoms with Gasteiger partial charge in [0.15, 0.2) is 0 Å². The molecule has 0 aliphatic carbocycles. The number of methoxy groups -OCH3 is 2. The monoisotopic (exact) mass is 415 g/mol. The first-order chi connectivity index (χ1) is 15.3. The minimum atomic E-state index is 0.259. The number of hydrogen-bond donors (Lipinski definition) is 0. The first kappa shape index (κ1) is 20.9. The van der Waals surface area contributed by atoms with E-state index in [1.165, 1.54) is 11.1 Å². The lowest BCUT2D eigenvalue weighted by atomic mass is 9.96. The molecule has 0 aromatic heterocycles. The van der Waals surface area contributed by atoms with Crippen molar-refractivity contribution in [2.75, 3.05) is 40.4 Å². The fourth-order valence-corrected chi connectivity index (χ4v) is 4.04. The zero-order chi connectivity index (χ0) is 21.5. The van der Waals surface area contributed by atoms with Crippen LogP contribution in [0.15, 0.2) is 84.0 Å². The fraction of sp³-hybridized carbons (Fsp3) is 0.269. The number of piperazine rings is 1. The molecular formula is C26H29N3O2. The van der Waals surface area contributed by atoms with Crippen molar-refractivity contribution in [3.63, 3.8) is 0 Å². The lowest BCUT2D eigenvalue weighted by Crippen LogP contribution is -2.45. The number of benzene rings is 3. The second-order valence-electron chi connectivity index (χ2n) is 7.57. The van der Waals surface area contributed by atoms with Crippen LogP contribution in [0.25, 0.3) is 0 Å². The Bertz CT molecular complexity index is 945. The topological polar surface area (TPSA) is 37.3 Å². The Morgan fingerprint density at radius 1 is 0.774 bits per heavy atom. The highest BCUT2D eigenvalue weighted by atomic mass is 16.5. The summed E-state index contributed by atoms with van der Waals surface area (Å²) in [4.78, 5) is 2.55. The van der Waals surface area contributed by atoms with Crippen LogP contribution in [0.4, 0.5) is 0 Å². The number of nitrogens with zero attached hydrogens (tertiary/aromatic N) is 3. The molecule has 0 N–H and O–H groups in total. The zero-order valence-electron chi connectivity index (χ0n) is 18.1. The van der Waals surface area contributed by atoms with Crippen molar-refractivity contribution in [2.24, 2.45) is 5.10 Å². The highest BCUT2D eigenvalue weighted by molar-refractivity contribution is 5.83. The molecule has 3 aromatic rings. The van der Waals surface area contributed by atoms with Crippen molar-refractivity contribution in [2.45, 2.75) is 6.04 Å². The molecule has 0 atom stereocenters. The van der Waals surface area contributed by atoms with Crippen LogP contribution in [0.1, 0.15) is 22.7 Å². The summed E-state index contributed by atoms with van der Waals surface area (Å²) >= 11 is 0. The lowest BCUT2D eigenvalue weighted by molar-refractivity contribution is 0.113. The third-order valence-corrected chi connectivity index (χ3v) is 5.69. The van der Waals surface area contributed by atoms with Gasteiger partial charge in [-0.3, -0.25) is 9.91 Å². The van der Waals surface area contributed by atoms with Gasteiger partial charge in [0.25, 0.3) is 0 Å². The summed E-state index contributed by atoms with van der Waals surface area (Å²) in [5, 5.41) is 6.85. The quantitative estimate of drug-likeness (QED) is 0.535. The zero-order valence-corrected chi connectivity index (χ0v) is 18.1. The van der Waals surface area contributed by atoms with Crippen LogP contribution >= 0.6 is 0 Å². The first-order valence-electron chi connectivity index (χ1n) is 10.6. The predicted molar refractivity (Wildman–Crippen MR) is 125 cm³/mol. The second kappa shape index (κ2) is 10.1. The van der Waals surface area contributed by atoms with Crippen LogP contribution in [0, 0.1) is 0 Å². The van der Waals surface area contributed by atoms with Crippen LogP contribution < -0.4 is 9.47 Å². The van der Waals surface area contributed by atoms with Crippen LogP contribution in [0.5, 0.6) is 11.5 Å². The number of hydrazone groups is 1. The maximum atomic E-state index is 5.48. The molecule has 3 aromatic carbocycles. The molecule has 1 fully saturated rings. The number of ether oxygens (including phenoxy) is 2. The van der Waals surface area contributed by atoms with E-state index in [0.717, 1.165) is 43.2 Å². The Kier molecular flexibility index (Phi) is 6.85. The second-order valence-corrected chi connectivity index (χ2v) is 7.57. The summed E-state index contributed by atoms with van der Waals surface area (Å²) < 4.78 is 10.7. The molecule has 1 heterocycles. The molecule has 0 saturated carbocycles. The Hall–Kier alpha value is -3.31. The Morgan fingerprint density at radius 2 is 1.39 bits per heavy atom. The summed E-state index contributed by atoms with van der Waals surface area (Å²) in [5.41, 5.74) is 3.60. The van der Waals surface area contributed by atoms with Crippen LogP contribution in [0.3, 0.4) is 0 Å². The molecule has 0 unspecified atom stereocenters. The van der Waals surface area contributed by atoms with Gasteiger partial charge in [0, 0.05) is 37.8 Å². The minimum Gasteiger partial charge on any atom is -0.497 e. The average Bonchev–Trinajstić information content (AvgIpc) is 2.85. The molecule has 0 spiro atoms. The molecule has 160 valence electrons. The maximum Gasteiger partial charge on any atom is 0.131 e. The van der Waals surface area contributed by atoms with Gasteiger partial charge < -0.3 is 9.47 Å². The van der Waals surface area contributed by atoms with Gasteiger partial charge in [-0.25, -0.2) is 0 Å². The molecular weight excluding hydrogens is 386 g/mol. The predicted octanol–water partition coefficient (Wildman–Crippen LogP) is 4.44. The molecule has 5 nitrogen and oxygen atoms in total. The summed E-state index contributed by atoms with van der Waals surface area (Å²) in [6, 6.07) is 27.5. The smallest absolute Gasteiger partial charge is 0.131 e. The molecule has 0 radical (unpaired) electrons. The molecule has 5 heteroatoms. The molecule has 1 aliphatic rings. The van der Waals surface area contributed by atoms with E-state index in [-0.39, 0.29) is 6.04 Å². The van der Waals surface area contributed by atoms with Crippen LogP contribution in [-0.2, 0) is 0 Å². The third kappa shape index (κ3) is 5.06. The lowest BCUT2D eigenvalue weighted by Gasteiger charge is -2.38. The maximum absolute atomic E-state index is 5.48. The molecule has 1 saturated heterocycles. The average molecular weight is 416 g/mol. The summed E-state index contributed by atoms with van der Waals surface area (Å²) in [5.74, 6) is 1.53. The van der Waals surface area contributed by atoms with Gasteiger partial charge in [0.1, 0.15) is 11.5 Å². The van der Waals surface area contributed by atoms with Gasteiger partial charge in [-0.2, -0.15) is 5.10 Å². The van der Waals surface area contributed by atoms with Crippen molar-refractivity contribution in [3.8, 4) is 11.5 Å². The van der Waals surface area contributed by atoms with E-state index in [9.17, 15) is 0 Å². The van der Waals surface area contributed by atoms with E-state index in [4.69, 9.17) is 14.6 Å². The minimum absolute atomic E-state index is 0.259. The van der Waals surface area contributed by atoms with Gasteiger partial charge in [0.05, 0.1) is 26.5 Å². The van der Waals surface area contributed by atoms with E-state index in [0.29, 0.717) is 0 Å². The van der Waals surface area contributed by atoms with Gasteiger partial charge in [0.2, 0.25) is 0 Å². The number of rotatable bonds is 7. The van der Waals surface area contributed by atoms with Crippen molar-refractivity contribution in [1.29, 1.82) is 0 Å². The highest BCUT2D eigenvalue weighted by Crippen LogP contribution is 2.29. The van der Waals surface area contributed by atoms with Gasteiger partial charge >= 0.3 is 0 Å². The molecule has 0 bridgehead atoms. The normalized spacial score (nSPS) is 14.9. The van der Waals surface area contributed by atoms with Crippen molar-refractivity contribution >= 4 is 6.21 Å². The van der Waals surface area contributed by atoms with Gasteiger partial charge in [-0.1, -0.05) is 60.7 Å². The fourth-order valence-electron chi connectivity index (χ4n) is 4.04. The van der Waals surface area contributed by atoms with Crippen molar-refractivity contribution in [1.82, 2.24) is 9.91 Å². The third-order valence-electron chi connectivity index (χ3n) is 5.69. The summed E-state index contributed by atoms with van der Waals surface area (Å²) in [7, 11) is 3.32. The Morgan fingerprint density at radius 3 is 1.94 bits per heavy atom.